The standard InChI is InChI=1S/C73H145NO10/c1-3-5-7-9-11-13-15-17-19-21-23-25-27-29-31-32-33-34-35-37-39-41-43-45-47-49-51-53-55-57-59-61-66(77)72(82)74-64(63-83-73-71(81)70(80)69(79)67(62-75)84-73)68(78)65(76)60-58-56-54-52-50-48-46-44-42-40-38-36-30-28-26-24-22-20-18-16-14-12-10-8-6-4-2/h64-71,73,75-81H,3-63H2,1-2H3,(H,74,82). The van der Waals surface area contributed by atoms with E-state index in [-0.39, 0.29) is 6.42 Å². The van der Waals surface area contributed by atoms with Crippen molar-refractivity contribution < 1.29 is 50.0 Å². The van der Waals surface area contributed by atoms with Gasteiger partial charge in [-0.15, -0.1) is 0 Å². The van der Waals surface area contributed by atoms with Crippen molar-refractivity contribution in [2.45, 2.75) is 448 Å². The van der Waals surface area contributed by atoms with Crippen molar-refractivity contribution >= 4 is 5.91 Å². The van der Waals surface area contributed by atoms with Gasteiger partial charge < -0.3 is 50.5 Å². The lowest BCUT2D eigenvalue weighted by Crippen LogP contribution is -2.60. The van der Waals surface area contributed by atoms with E-state index in [0.717, 1.165) is 38.5 Å². The van der Waals surface area contributed by atoms with Crippen LogP contribution in [0.1, 0.15) is 393 Å². The van der Waals surface area contributed by atoms with Crippen molar-refractivity contribution in [3.63, 3.8) is 0 Å². The van der Waals surface area contributed by atoms with E-state index >= 15 is 0 Å². The predicted octanol–water partition coefficient (Wildman–Crippen LogP) is 18.4. The highest BCUT2D eigenvalue weighted by molar-refractivity contribution is 5.80. The minimum absolute atomic E-state index is 0.268. The molecule has 0 bridgehead atoms. The zero-order valence-electron chi connectivity index (χ0n) is 55.7. The molecule has 0 aliphatic carbocycles. The van der Waals surface area contributed by atoms with Crippen LogP contribution < -0.4 is 5.32 Å². The van der Waals surface area contributed by atoms with E-state index in [1.807, 2.05) is 0 Å². The molecule has 1 heterocycles. The average molecular weight is 1200 g/mol. The SMILES string of the molecule is CCCCCCCCCCCCCCCCCCCCCCCCCCCCCCCCCC(O)C(=O)NC(COC1OC(CO)C(O)C(O)C1O)C(O)C(O)CCCCCCCCCCCCCCCCCCCCCCCCCCCC. The van der Waals surface area contributed by atoms with Crippen LogP contribution in [0.4, 0.5) is 0 Å². The van der Waals surface area contributed by atoms with Crippen LogP contribution in [0.15, 0.2) is 0 Å². The molecule has 0 saturated carbocycles. The van der Waals surface area contributed by atoms with Crippen LogP contribution in [-0.2, 0) is 14.3 Å². The largest absolute Gasteiger partial charge is 0.394 e. The molecule has 1 aliphatic heterocycles. The highest BCUT2D eigenvalue weighted by Crippen LogP contribution is 2.24. The zero-order chi connectivity index (χ0) is 61.0. The maximum atomic E-state index is 13.3. The molecule has 1 aliphatic rings. The molecule has 8 N–H and O–H groups in total. The van der Waals surface area contributed by atoms with Crippen LogP contribution >= 0.6 is 0 Å². The van der Waals surface area contributed by atoms with Gasteiger partial charge in [0, 0.05) is 0 Å². The summed E-state index contributed by atoms with van der Waals surface area (Å²) >= 11 is 0. The van der Waals surface area contributed by atoms with E-state index in [1.54, 1.807) is 0 Å². The molecule has 1 fully saturated rings. The van der Waals surface area contributed by atoms with Gasteiger partial charge in [-0.25, -0.2) is 0 Å². The Morgan fingerprint density at radius 3 is 0.881 bits per heavy atom. The number of carbonyl (C=O) groups is 1. The van der Waals surface area contributed by atoms with Crippen LogP contribution in [0.5, 0.6) is 0 Å². The van der Waals surface area contributed by atoms with Gasteiger partial charge in [-0.3, -0.25) is 4.79 Å². The fraction of sp³-hybridized carbons (Fsp3) is 0.986. The van der Waals surface area contributed by atoms with Crippen molar-refractivity contribution in [3.8, 4) is 0 Å². The van der Waals surface area contributed by atoms with E-state index in [4.69, 9.17) is 9.47 Å². The van der Waals surface area contributed by atoms with Crippen molar-refractivity contribution in [2.24, 2.45) is 0 Å². The lowest BCUT2D eigenvalue weighted by molar-refractivity contribution is -0.303. The minimum Gasteiger partial charge on any atom is -0.394 e. The number of nitrogens with one attached hydrogen (secondary N) is 1. The van der Waals surface area contributed by atoms with Crippen LogP contribution in [-0.4, -0.2) is 110 Å². The Kier molecular flexibility index (Phi) is 60.2. The Hall–Kier alpha value is -0.890. The summed E-state index contributed by atoms with van der Waals surface area (Å²) in [5.74, 6) is -0.686. The van der Waals surface area contributed by atoms with Crippen LogP contribution in [0, 0.1) is 0 Å². The minimum atomic E-state index is -1.66. The lowest BCUT2D eigenvalue weighted by atomic mass is 9.98. The zero-order valence-corrected chi connectivity index (χ0v) is 55.7. The number of unbranched alkanes of at least 4 members (excludes halogenated alkanes) is 55. The summed E-state index contributed by atoms with van der Waals surface area (Å²) in [5, 5.41) is 76.7. The molecule has 502 valence electrons. The van der Waals surface area contributed by atoms with Crippen molar-refractivity contribution in [2.75, 3.05) is 13.2 Å². The Labute approximate surface area is 520 Å². The molecule has 0 radical (unpaired) electrons. The molecule has 0 aromatic carbocycles. The molecule has 9 unspecified atom stereocenters. The van der Waals surface area contributed by atoms with Gasteiger partial charge in [0.1, 0.15) is 36.6 Å². The fourth-order valence-corrected chi connectivity index (χ4v) is 12.7. The number of aliphatic hydroxyl groups excluding tert-OH is 7. The van der Waals surface area contributed by atoms with Crippen molar-refractivity contribution in [1.82, 2.24) is 5.32 Å². The molecule has 0 spiro atoms. The monoisotopic (exact) mass is 1200 g/mol. The van der Waals surface area contributed by atoms with E-state index in [1.165, 1.54) is 315 Å². The first kappa shape index (κ1) is 81.1. The summed E-state index contributed by atoms with van der Waals surface area (Å²) in [7, 11) is 0. The summed E-state index contributed by atoms with van der Waals surface area (Å²) in [6, 6.07) is -1.16. The molecule has 84 heavy (non-hydrogen) atoms. The number of amides is 1. The lowest BCUT2D eigenvalue weighted by Gasteiger charge is -2.40. The summed E-state index contributed by atoms with van der Waals surface area (Å²) in [6.45, 7) is 3.54. The van der Waals surface area contributed by atoms with Gasteiger partial charge in [0.15, 0.2) is 6.29 Å². The summed E-state index contributed by atoms with van der Waals surface area (Å²) < 4.78 is 11.2. The molecule has 9 atom stereocenters. The summed E-state index contributed by atoms with van der Waals surface area (Å²) in [4.78, 5) is 13.3. The van der Waals surface area contributed by atoms with Crippen LogP contribution in [0.3, 0.4) is 0 Å². The number of carbonyl (C=O) groups excluding carboxylic acids is 1. The van der Waals surface area contributed by atoms with Gasteiger partial charge in [-0.05, 0) is 12.8 Å². The van der Waals surface area contributed by atoms with Gasteiger partial charge >= 0.3 is 0 Å². The molecule has 1 amide bonds. The molecule has 0 aromatic rings. The number of rotatable bonds is 67. The first-order chi connectivity index (χ1) is 41.2. The van der Waals surface area contributed by atoms with Gasteiger partial charge in [-0.2, -0.15) is 0 Å². The van der Waals surface area contributed by atoms with Gasteiger partial charge in [0.25, 0.3) is 0 Å². The van der Waals surface area contributed by atoms with E-state index in [0.29, 0.717) is 19.3 Å². The first-order valence-electron chi connectivity index (χ1n) is 37.4. The Bertz CT molecular complexity index is 1330. The number of hydrogen-bond acceptors (Lipinski definition) is 10. The highest BCUT2D eigenvalue weighted by Gasteiger charge is 2.44. The topological polar surface area (TPSA) is 189 Å². The second-order valence-corrected chi connectivity index (χ2v) is 26.7. The number of aliphatic hydroxyl groups is 7. The van der Waals surface area contributed by atoms with Crippen LogP contribution in [0.25, 0.3) is 0 Å². The van der Waals surface area contributed by atoms with E-state index in [2.05, 4.69) is 19.2 Å². The Morgan fingerprint density at radius 1 is 0.369 bits per heavy atom. The number of hydrogen-bond donors (Lipinski definition) is 8. The quantitative estimate of drug-likeness (QED) is 0.0272. The summed E-state index contributed by atoms with van der Waals surface area (Å²) in [6.07, 6.45) is 64.8. The smallest absolute Gasteiger partial charge is 0.249 e. The highest BCUT2D eigenvalue weighted by atomic mass is 16.7. The second kappa shape index (κ2) is 62.3. The molecule has 1 saturated heterocycles. The third kappa shape index (κ3) is 49.0. The molecule has 11 nitrogen and oxygen atoms in total. The Balaban J connectivity index is 2.15. The molecule has 11 heteroatoms. The number of ether oxygens (including phenoxy) is 2. The molecule has 0 aromatic heterocycles. The maximum Gasteiger partial charge on any atom is 0.249 e. The van der Waals surface area contributed by atoms with E-state index < -0.39 is 74.2 Å². The van der Waals surface area contributed by atoms with Gasteiger partial charge in [0.2, 0.25) is 5.91 Å². The molecular weight excluding hydrogens is 1050 g/mol. The van der Waals surface area contributed by atoms with Gasteiger partial charge in [-0.1, -0.05) is 380 Å². The third-order valence-electron chi connectivity index (χ3n) is 18.7. The summed E-state index contributed by atoms with van der Waals surface area (Å²) in [5.41, 5.74) is 0. The maximum absolute atomic E-state index is 13.3. The average Bonchev–Trinajstić information content (AvgIpc) is 3.66. The molecular formula is C73H145NO10. The van der Waals surface area contributed by atoms with E-state index in [9.17, 15) is 40.5 Å². The van der Waals surface area contributed by atoms with Gasteiger partial charge in [0.05, 0.1) is 25.4 Å². The molecule has 1 rings (SSSR count). The fourth-order valence-electron chi connectivity index (χ4n) is 12.7. The second-order valence-electron chi connectivity index (χ2n) is 26.7. The van der Waals surface area contributed by atoms with Crippen LogP contribution in [0.2, 0.25) is 0 Å². The predicted molar refractivity (Wildman–Crippen MR) is 353 cm³/mol. The third-order valence-corrected chi connectivity index (χ3v) is 18.7. The first-order valence-corrected chi connectivity index (χ1v) is 37.4. The van der Waals surface area contributed by atoms with Crippen molar-refractivity contribution in [3.05, 3.63) is 0 Å². The Morgan fingerprint density at radius 2 is 0.619 bits per heavy atom. The normalized spacial score (nSPS) is 18.8. The van der Waals surface area contributed by atoms with Crippen molar-refractivity contribution in [1.29, 1.82) is 0 Å².